The van der Waals surface area contributed by atoms with Crippen molar-refractivity contribution in [3.8, 4) is 0 Å². The number of aryl methyl sites for hydroxylation is 2. The van der Waals surface area contributed by atoms with E-state index in [-0.39, 0.29) is 36.6 Å². The second-order valence-corrected chi connectivity index (χ2v) is 9.98. The van der Waals surface area contributed by atoms with Crippen molar-refractivity contribution in [3.05, 3.63) is 107 Å². The highest BCUT2D eigenvalue weighted by Gasteiger charge is 2.32. The molecule has 1 aliphatic rings. The Hall–Kier alpha value is -3.47. The van der Waals surface area contributed by atoms with Crippen molar-refractivity contribution in [2.75, 3.05) is 0 Å². The van der Waals surface area contributed by atoms with E-state index in [1.807, 2.05) is 30.3 Å². The fraction of sp³-hybridized carbons (Fsp3) is 0.375. The Morgan fingerprint density at radius 1 is 0.892 bits per heavy atom. The standard InChI is InChI=1S/C32H37FN2O2/c1-2-24-16-18-25(19-17-24)20-21-31(36)35(23-27-12-6-9-15-29(27)33)30(22-26-10-4-3-5-11-26)32(37)34-28-13-7-8-14-28/h3-6,9-12,15-19,28,30H,2,7-8,13-14,20-23H2,1H3,(H,34,37). The maximum atomic E-state index is 14.7. The summed E-state index contributed by atoms with van der Waals surface area (Å²) >= 11 is 0. The lowest BCUT2D eigenvalue weighted by Crippen LogP contribution is -2.52. The molecule has 4 nitrogen and oxygen atoms in total. The quantitative estimate of drug-likeness (QED) is 0.350. The topological polar surface area (TPSA) is 49.4 Å². The van der Waals surface area contributed by atoms with Crippen LogP contribution in [-0.2, 0) is 35.4 Å². The van der Waals surface area contributed by atoms with E-state index in [1.54, 1.807) is 23.1 Å². The van der Waals surface area contributed by atoms with Gasteiger partial charge in [-0.2, -0.15) is 0 Å². The van der Waals surface area contributed by atoms with Gasteiger partial charge < -0.3 is 10.2 Å². The molecular formula is C32H37FN2O2. The van der Waals surface area contributed by atoms with Gasteiger partial charge in [-0.25, -0.2) is 4.39 Å². The molecule has 1 N–H and O–H groups in total. The summed E-state index contributed by atoms with van der Waals surface area (Å²) in [6.07, 6.45) is 6.28. The molecule has 1 atom stereocenters. The average molecular weight is 501 g/mol. The van der Waals surface area contributed by atoms with Crippen LogP contribution in [0.1, 0.15) is 61.3 Å². The Bertz CT molecular complexity index is 1160. The molecule has 2 amide bonds. The molecule has 0 spiro atoms. The Balaban J connectivity index is 1.60. The number of benzene rings is 3. The molecule has 194 valence electrons. The Labute approximate surface area is 219 Å². The van der Waals surface area contributed by atoms with Crippen LogP contribution >= 0.6 is 0 Å². The van der Waals surface area contributed by atoms with Crippen LogP contribution in [0, 0.1) is 5.82 Å². The highest BCUT2D eigenvalue weighted by atomic mass is 19.1. The van der Waals surface area contributed by atoms with Gasteiger partial charge in [-0.3, -0.25) is 9.59 Å². The van der Waals surface area contributed by atoms with Crippen LogP contribution in [0.25, 0.3) is 0 Å². The summed E-state index contributed by atoms with van der Waals surface area (Å²) in [5.41, 5.74) is 3.71. The number of amides is 2. The summed E-state index contributed by atoms with van der Waals surface area (Å²) in [6.45, 7) is 2.17. The first-order valence-electron chi connectivity index (χ1n) is 13.5. The number of carbonyl (C=O) groups is 2. The average Bonchev–Trinajstić information content (AvgIpc) is 3.44. The third kappa shape index (κ3) is 7.51. The normalized spacial score (nSPS) is 14.3. The third-order valence-corrected chi connectivity index (χ3v) is 7.33. The minimum atomic E-state index is -0.724. The highest BCUT2D eigenvalue weighted by molar-refractivity contribution is 5.88. The van der Waals surface area contributed by atoms with Gasteiger partial charge in [-0.1, -0.05) is 92.6 Å². The minimum Gasteiger partial charge on any atom is -0.352 e. The van der Waals surface area contributed by atoms with Crippen LogP contribution in [0.3, 0.4) is 0 Å². The van der Waals surface area contributed by atoms with E-state index < -0.39 is 6.04 Å². The van der Waals surface area contributed by atoms with Crippen molar-refractivity contribution >= 4 is 11.8 Å². The zero-order valence-corrected chi connectivity index (χ0v) is 21.7. The fourth-order valence-electron chi connectivity index (χ4n) is 5.07. The Morgan fingerprint density at radius 2 is 1.54 bits per heavy atom. The van der Waals surface area contributed by atoms with Crippen molar-refractivity contribution in [2.45, 2.75) is 76.9 Å². The number of halogens is 1. The molecule has 37 heavy (non-hydrogen) atoms. The molecule has 0 radical (unpaired) electrons. The second-order valence-electron chi connectivity index (χ2n) is 9.98. The molecule has 0 aliphatic heterocycles. The zero-order chi connectivity index (χ0) is 26.0. The lowest BCUT2D eigenvalue weighted by molar-refractivity contribution is -0.141. The number of nitrogens with zero attached hydrogens (tertiary/aromatic N) is 1. The van der Waals surface area contributed by atoms with Crippen LogP contribution in [0.4, 0.5) is 4.39 Å². The van der Waals surface area contributed by atoms with Gasteiger partial charge in [0.25, 0.3) is 0 Å². The number of hydrogen-bond donors (Lipinski definition) is 1. The van der Waals surface area contributed by atoms with Crippen LogP contribution in [0.15, 0.2) is 78.9 Å². The molecule has 1 unspecified atom stereocenters. The summed E-state index contributed by atoms with van der Waals surface area (Å²) < 4.78 is 14.7. The van der Waals surface area contributed by atoms with Crippen LogP contribution < -0.4 is 5.32 Å². The summed E-state index contributed by atoms with van der Waals surface area (Å²) in [6, 6.07) is 23.9. The highest BCUT2D eigenvalue weighted by Crippen LogP contribution is 2.21. The fourth-order valence-corrected chi connectivity index (χ4v) is 5.07. The monoisotopic (exact) mass is 500 g/mol. The van der Waals surface area contributed by atoms with E-state index in [2.05, 4.69) is 36.5 Å². The van der Waals surface area contributed by atoms with E-state index in [0.29, 0.717) is 18.4 Å². The van der Waals surface area contributed by atoms with E-state index in [4.69, 9.17) is 0 Å². The lowest BCUT2D eigenvalue weighted by Gasteiger charge is -2.32. The largest absolute Gasteiger partial charge is 0.352 e. The summed E-state index contributed by atoms with van der Waals surface area (Å²) in [4.78, 5) is 29.0. The van der Waals surface area contributed by atoms with Gasteiger partial charge in [0, 0.05) is 31.0 Å². The molecule has 0 aromatic heterocycles. The number of carbonyl (C=O) groups excluding carboxylic acids is 2. The summed E-state index contributed by atoms with van der Waals surface area (Å²) in [5, 5.41) is 3.19. The minimum absolute atomic E-state index is 0.0515. The van der Waals surface area contributed by atoms with Gasteiger partial charge in [0.15, 0.2) is 0 Å². The van der Waals surface area contributed by atoms with Crippen LogP contribution in [-0.4, -0.2) is 28.8 Å². The van der Waals surface area contributed by atoms with Gasteiger partial charge in [-0.15, -0.1) is 0 Å². The molecule has 1 fully saturated rings. The maximum Gasteiger partial charge on any atom is 0.243 e. The van der Waals surface area contributed by atoms with Crippen molar-refractivity contribution in [1.29, 1.82) is 0 Å². The predicted octanol–water partition coefficient (Wildman–Crippen LogP) is 6.02. The predicted molar refractivity (Wildman–Crippen MR) is 145 cm³/mol. The third-order valence-electron chi connectivity index (χ3n) is 7.33. The van der Waals surface area contributed by atoms with Gasteiger partial charge in [-0.05, 0) is 48.4 Å². The van der Waals surface area contributed by atoms with E-state index in [9.17, 15) is 14.0 Å². The first-order chi connectivity index (χ1) is 18.0. The molecule has 3 aromatic carbocycles. The molecule has 0 heterocycles. The maximum absolute atomic E-state index is 14.7. The zero-order valence-electron chi connectivity index (χ0n) is 21.7. The van der Waals surface area contributed by atoms with Crippen molar-refractivity contribution in [2.24, 2.45) is 0 Å². The molecule has 5 heteroatoms. The van der Waals surface area contributed by atoms with E-state index in [0.717, 1.165) is 43.2 Å². The molecular weight excluding hydrogens is 463 g/mol. The van der Waals surface area contributed by atoms with Crippen molar-refractivity contribution < 1.29 is 14.0 Å². The lowest BCUT2D eigenvalue weighted by atomic mass is 10.0. The van der Waals surface area contributed by atoms with Crippen LogP contribution in [0.5, 0.6) is 0 Å². The number of nitrogens with one attached hydrogen (secondary N) is 1. The van der Waals surface area contributed by atoms with Gasteiger partial charge >= 0.3 is 0 Å². The smallest absolute Gasteiger partial charge is 0.243 e. The van der Waals surface area contributed by atoms with Gasteiger partial charge in [0.1, 0.15) is 11.9 Å². The number of rotatable bonds is 11. The SMILES string of the molecule is CCc1ccc(CCC(=O)N(Cc2ccccc2F)C(Cc2ccccc2)C(=O)NC2CCCC2)cc1. The van der Waals surface area contributed by atoms with E-state index >= 15 is 0 Å². The van der Waals surface area contributed by atoms with Gasteiger partial charge in [0.2, 0.25) is 11.8 Å². The van der Waals surface area contributed by atoms with Gasteiger partial charge in [0.05, 0.1) is 0 Å². The van der Waals surface area contributed by atoms with Crippen molar-refractivity contribution in [1.82, 2.24) is 10.2 Å². The Morgan fingerprint density at radius 3 is 2.22 bits per heavy atom. The molecule has 0 saturated heterocycles. The molecule has 4 rings (SSSR count). The Kier molecular flexibility index (Phi) is 9.47. The first kappa shape index (κ1) is 26.6. The second kappa shape index (κ2) is 13.2. The molecule has 1 aliphatic carbocycles. The first-order valence-corrected chi connectivity index (χ1v) is 13.5. The summed E-state index contributed by atoms with van der Waals surface area (Å²) in [5.74, 6) is -0.678. The van der Waals surface area contributed by atoms with Crippen molar-refractivity contribution in [3.63, 3.8) is 0 Å². The van der Waals surface area contributed by atoms with E-state index in [1.165, 1.54) is 11.6 Å². The summed E-state index contributed by atoms with van der Waals surface area (Å²) in [7, 11) is 0. The molecule has 3 aromatic rings. The molecule has 1 saturated carbocycles. The number of hydrogen-bond acceptors (Lipinski definition) is 2. The molecule has 0 bridgehead atoms. The van der Waals surface area contributed by atoms with Crippen LogP contribution in [0.2, 0.25) is 0 Å².